The second-order valence-electron chi connectivity index (χ2n) is 5.83. The van der Waals surface area contributed by atoms with Gasteiger partial charge in [-0.1, -0.05) is 48.0 Å². The van der Waals surface area contributed by atoms with Gasteiger partial charge >= 0.3 is 0 Å². The highest BCUT2D eigenvalue weighted by atomic mass is 35.5. The molecule has 0 unspecified atom stereocenters. The average molecular weight is 377 g/mol. The molecule has 1 heterocycles. The molecule has 130 valence electrons. The van der Waals surface area contributed by atoms with E-state index in [1.165, 1.54) is 0 Å². The largest absolute Gasteiger partial charge is 0.321 e. The standard InChI is InChI=1S/C18H17ClN2O3S/c1-12-5-4-7-13-9-15(18(22)21-17(12)13)10-20-25(23,24)11-14-6-2-3-8-16(14)19/h2-9,20H,10-11H2,1H3,(H,21,22). The number of fused-ring (bicyclic) bond motifs is 1. The molecule has 0 atom stereocenters. The van der Waals surface area contributed by atoms with Crippen molar-refractivity contribution in [2.75, 3.05) is 0 Å². The molecule has 3 rings (SSSR count). The van der Waals surface area contributed by atoms with Gasteiger partial charge in [-0.15, -0.1) is 0 Å². The van der Waals surface area contributed by atoms with E-state index in [9.17, 15) is 13.2 Å². The molecule has 0 bridgehead atoms. The van der Waals surface area contributed by atoms with Gasteiger partial charge in [-0.2, -0.15) is 0 Å². The van der Waals surface area contributed by atoms with Crippen LogP contribution >= 0.6 is 11.6 Å². The molecular weight excluding hydrogens is 360 g/mol. The molecule has 3 aromatic rings. The molecule has 5 nitrogen and oxygen atoms in total. The molecule has 25 heavy (non-hydrogen) atoms. The molecule has 7 heteroatoms. The Hall–Kier alpha value is -2.15. The molecule has 2 N–H and O–H groups in total. The van der Waals surface area contributed by atoms with Crippen molar-refractivity contribution < 1.29 is 8.42 Å². The summed E-state index contributed by atoms with van der Waals surface area (Å²) in [5, 5.41) is 1.26. The topological polar surface area (TPSA) is 79.0 Å². The van der Waals surface area contributed by atoms with Gasteiger partial charge in [0.05, 0.1) is 11.3 Å². The number of rotatable bonds is 5. The van der Waals surface area contributed by atoms with Crippen LogP contribution in [0.5, 0.6) is 0 Å². The number of pyridine rings is 1. The van der Waals surface area contributed by atoms with Crippen LogP contribution < -0.4 is 10.3 Å². The summed E-state index contributed by atoms with van der Waals surface area (Å²) in [6, 6.07) is 14.1. The number of benzene rings is 2. The molecule has 0 amide bonds. The van der Waals surface area contributed by atoms with Crippen molar-refractivity contribution in [2.24, 2.45) is 0 Å². The number of aryl methyl sites for hydroxylation is 1. The lowest BCUT2D eigenvalue weighted by atomic mass is 10.1. The predicted molar refractivity (Wildman–Crippen MR) is 100 cm³/mol. The summed E-state index contributed by atoms with van der Waals surface area (Å²) in [7, 11) is -3.62. The average Bonchev–Trinajstić information content (AvgIpc) is 2.56. The minimum atomic E-state index is -3.62. The summed E-state index contributed by atoms with van der Waals surface area (Å²) in [6.07, 6.45) is 0. The lowest BCUT2D eigenvalue weighted by Gasteiger charge is -2.09. The molecule has 0 saturated carbocycles. The zero-order chi connectivity index (χ0) is 18.0. The van der Waals surface area contributed by atoms with Crippen LogP contribution in [0, 0.1) is 6.92 Å². The molecule has 2 aromatic carbocycles. The Morgan fingerprint density at radius 3 is 2.60 bits per heavy atom. The Bertz CT molecular complexity index is 1090. The van der Waals surface area contributed by atoms with Crippen LogP contribution in [-0.2, 0) is 22.3 Å². The van der Waals surface area contributed by atoms with Crippen LogP contribution in [0.2, 0.25) is 5.02 Å². The van der Waals surface area contributed by atoms with Crippen molar-refractivity contribution in [1.82, 2.24) is 9.71 Å². The van der Waals surface area contributed by atoms with Gasteiger partial charge in [-0.25, -0.2) is 13.1 Å². The van der Waals surface area contributed by atoms with Crippen LogP contribution in [0.15, 0.2) is 53.3 Å². The molecule has 0 aliphatic rings. The second kappa shape index (κ2) is 7.00. The molecule has 0 aliphatic heterocycles. The first-order chi connectivity index (χ1) is 11.9. The Morgan fingerprint density at radius 2 is 1.84 bits per heavy atom. The van der Waals surface area contributed by atoms with Gasteiger partial charge in [0, 0.05) is 17.1 Å². The maximum absolute atomic E-state index is 12.3. The summed E-state index contributed by atoms with van der Waals surface area (Å²) in [5.74, 6) is -0.239. The zero-order valence-corrected chi connectivity index (χ0v) is 15.1. The van der Waals surface area contributed by atoms with E-state index >= 15 is 0 Å². The highest BCUT2D eigenvalue weighted by Crippen LogP contribution is 2.18. The quantitative estimate of drug-likeness (QED) is 0.718. The molecule has 0 spiro atoms. The van der Waals surface area contributed by atoms with Crippen molar-refractivity contribution in [1.29, 1.82) is 0 Å². The first-order valence-electron chi connectivity index (χ1n) is 7.68. The van der Waals surface area contributed by atoms with Crippen LogP contribution in [0.4, 0.5) is 0 Å². The Morgan fingerprint density at radius 1 is 1.08 bits per heavy atom. The second-order valence-corrected chi connectivity index (χ2v) is 8.05. The van der Waals surface area contributed by atoms with Crippen molar-refractivity contribution in [2.45, 2.75) is 19.2 Å². The van der Waals surface area contributed by atoms with Gasteiger partial charge in [-0.05, 0) is 35.6 Å². The van der Waals surface area contributed by atoms with E-state index in [1.807, 2.05) is 25.1 Å². The fourth-order valence-corrected chi connectivity index (χ4v) is 4.04. The molecule has 0 fully saturated rings. The van der Waals surface area contributed by atoms with E-state index < -0.39 is 10.0 Å². The third-order valence-electron chi connectivity index (χ3n) is 3.95. The molecule has 0 aliphatic carbocycles. The minimum Gasteiger partial charge on any atom is -0.321 e. The molecule has 0 radical (unpaired) electrons. The highest BCUT2D eigenvalue weighted by molar-refractivity contribution is 7.88. The van der Waals surface area contributed by atoms with Crippen LogP contribution in [-0.4, -0.2) is 13.4 Å². The number of halogens is 1. The van der Waals surface area contributed by atoms with Crippen LogP contribution in [0.25, 0.3) is 10.9 Å². The number of hydrogen-bond acceptors (Lipinski definition) is 3. The van der Waals surface area contributed by atoms with E-state index in [0.29, 0.717) is 16.1 Å². The van der Waals surface area contributed by atoms with Crippen LogP contribution in [0.3, 0.4) is 0 Å². The lowest BCUT2D eigenvalue weighted by molar-refractivity contribution is 0.580. The Balaban J connectivity index is 1.81. The highest BCUT2D eigenvalue weighted by Gasteiger charge is 2.14. The smallest absolute Gasteiger partial charge is 0.252 e. The Kier molecular flexibility index (Phi) is 4.94. The van der Waals surface area contributed by atoms with Crippen molar-refractivity contribution >= 4 is 32.5 Å². The van der Waals surface area contributed by atoms with E-state index in [1.54, 1.807) is 30.3 Å². The third kappa shape index (κ3) is 4.10. The van der Waals surface area contributed by atoms with E-state index in [4.69, 9.17) is 11.6 Å². The first-order valence-corrected chi connectivity index (χ1v) is 9.71. The van der Waals surface area contributed by atoms with Crippen molar-refractivity contribution in [3.8, 4) is 0 Å². The van der Waals surface area contributed by atoms with E-state index in [2.05, 4.69) is 9.71 Å². The maximum atomic E-state index is 12.3. The predicted octanol–water partition coefficient (Wildman–Crippen LogP) is 3.11. The molecule has 0 saturated heterocycles. The number of para-hydroxylation sites is 1. The summed E-state index contributed by atoms with van der Waals surface area (Å²) >= 11 is 6.01. The van der Waals surface area contributed by atoms with Gasteiger partial charge in [0.2, 0.25) is 10.0 Å². The van der Waals surface area contributed by atoms with Gasteiger partial charge in [0.15, 0.2) is 0 Å². The third-order valence-corrected chi connectivity index (χ3v) is 5.59. The number of aromatic nitrogens is 1. The van der Waals surface area contributed by atoms with Crippen LogP contribution in [0.1, 0.15) is 16.7 Å². The SMILES string of the molecule is Cc1cccc2cc(CNS(=O)(=O)Cc3ccccc3Cl)c(=O)[nH]c12. The number of sulfonamides is 1. The fraction of sp³-hybridized carbons (Fsp3) is 0.167. The zero-order valence-electron chi connectivity index (χ0n) is 13.5. The van der Waals surface area contributed by atoms with Gasteiger partial charge in [-0.3, -0.25) is 4.79 Å². The van der Waals surface area contributed by atoms with Crippen molar-refractivity contribution in [3.63, 3.8) is 0 Å². The van der Waals surface area contributed by atoms with Crippen molar-refractivity contribution in [3.05, 3.63) is 80.6 Å². The summed E-state index contributed by atoms with van der Waals surface area (Å²) in [5.41, 5.74) is 2.29. The van der Waals surface area contributed by atoms with Gasteiger partial charge in [0.1, 0.15) is 0 Å². The summed E-state index contributed by atoms with van der Waals surface area (Å²) in [6.45, 7) is 1.83. The minimum absolute atomic E-state index is 0.0774. The van der Waals surface area contributed by atoms with Gasteiger partial charge < -0.3 is 4.98 Å². The summed E-state index contributed by atoms with van der Waals surface area (Å²) < 4.78 is 27.0. The molecular formula is C18H17ClN2O3S. The number of nitrogens with one attached hydrogen (secondary N) is 2. The first kappa shape index (κ1) is 17.7. The monoisotopic (exact) mass is 376 g/mol. The maximum Gasteiger partial charge on any atom is 0.252 e. The summed E-state index contributed by atoms with van der Waals surface area (Å²) in [4.78, 5) is 15.0. The molecule has 1 aromatic heterocycles. The van der Waals surface area contributed by atoms with E-state index in [0.717, 1.165) is 16.5 Å². The number of hydrogen-bond donors (Lipinski definition) is 2. The van der Waals surface area contributed by atoms with Gasteiger partial charge in [0.25, 0.3) is 5.56 Å². The Labute approximate surface area is 150 Å². The fourth-order valence-electron chi connectivity index (χ4n) is 2.62. The normalized spacial score (nSPS) is 11.8. The lowest BCUT2D eigenvalue weighted by Crippen LogP contribution is -2.28. The number of H-pyrrole nitrogens is 1. The number of aromatic amines is 1. The van der Waals surface area contributed by atoms with E-state index in [-0.39, 0.29) is 17.9 Å².